The molecule has 0 aromatic heterocycles. The Morgan fingerprint density at radius 1 is 1.82 bits per heavy atom. The van der Waals surface area contributed by atoms with Crippen LogP contribution in [0.25, 0.3) is 0 Å². The van der Waals surface area contributed by atoms with E-state index in [2.05, 4.69) is 5.32 Å². The molecule has 1 saturated heterocycles. The molecule has 1 aliphatic heterocycles. The molecule has 1 fully saturated rings. The summed E-state index contributed by atoms with van der Waals surface area (Å²) >= 11 is 0. The van der Waals surface area contributed by atoms with E-state index >= 15 is 0 Å². The van der Waals surface area contributed by atoms with E-state index < -0.39 is 0 Å². The molecule has 1 aliphatic rings. The normalized spacial score (nSPS) is 24.1. The summed E-state index contributed by atoms with van der Waals surface area (Å²) in [6.07, 6.45) is 0.940. The van der Waals surface area contributed by atoms with Crippen LogP contribution in [0.15, 0.2) is 0 Å². The van der Waals surface area contributed by atoms with E-state index in [9.17, 15) is 4.79 Å². The Morgan fingerprint density at radius 3 is 3.00 bits per heavy atom. The van der Waals surface area contributed by atoms with Crippen molar-refractivity contribution in [3.63, 3.8) is 0 Å². The summed E-state index contributed by atoms with van der Waals surface area (Å²) in [4.78, 5) is 13.0. The summed E-state index contributed by atoms with van der Waals surface area (Å²) in [6, 6.07) is 0. The molecule has 60 valence electrons. The number of hydrogen-bond acceptors (Lipinski definition) is 2. The number of amides is 1. The van der Waals surface area contributed by atoms with E-state index in [1.54, 1.807) is 11.9 Å². The number of carbonyl (C=O) groups excluding carboxylic acids is 1. The molecule has 1 N–H and O–H groups in total. The second kappa shape index (κ2) is 3.76. The van der Waals surface area contributed by atoms with Gasteiger partial charge in [-0.05, 0) is 13.5 Å². The molecule has 0 saturated carbocycles. The lowest BCUT2D eigenvalue weighted by Crippen LogP contribution is -2.35. The van der Waals surface area contributed by atoms with Gasteiger partial charge in [0, 0.05) is 13.1 Å². The van der Waals surface area contributed by atoms with Crippen molar-refractivity contribution in [1.29, 1.82) is 0 Å². The molecular weight excluding hydrogens is 139 g/mol. The van der Waals surface area contributed by atoms with Crippen molar-refractivity contribution in [3.05, 3.63) is 0 Å². The second-order valence-electron chi connectivity index (χ2n) is 2.92. The number of likely N-dealkylation sites (tertiary alicyclic amines) is 1. The van der Waals surface area contributed by atoms with Gasteiger partial charge >= 0.3 is 0 Å². The van der Waals surface area contributed by atoms with Gasteiger partial charge in [0.2, 0.25) is 5.91 Å². The van der Waals surface area contributed by atoms with Crippen molar-refractivity contribution in [1.82, 2.24) is 10.2 Å². The Morgan fingerprint density at radius 2 is 2.55 bits per heavy atom. The molecule has 0 spiro atoms. The van der Waals surface area contributed by atoms with Crippen LogP contribution >= 0.6 is 0 Å². The van der Waals surface area contributed by atoms with E-state index in [-0.39, 0.29) is 11.7 Å². The van der Waals surface area contributed by atoms with Gasteiger partial charge in [0.25, 0.3) is 0 Å². The third-order valence-electron chi connectivity index (χ3n) is 1.91. The highest BCUT2D eigenvalue weighted by molar-refractivity contribution is 6.12. The SMILES string of the molecule is [B]C1CCN(C(=O)CNC)C1. The predicted octanol–water partition coefficient (Wildman–Crippen LogP) is -0.605. The summed E-state index contributed by atoms with van der Waals surface area (Å²) in [6.45, 7) is 1.97. The average Bonchev–Trinajstić information content (AvgIpc) is 2.36. The molecular formula is C7H13BN2O. The molecule has 0 aliphatic carbocycles. The van der Waals surface area contributed by atoms with Crippen molar-refractivity contribution >= 4 is 13.8 Å². The molecule has 1 unspecified atom stereocenters. The van der Waals surface area contributed by atoms with E-state index in [0.717, 1.165) is 19.5 Å². The number of hydrogen-bond donors (Lipinski definition) is 1. The van der Waals surface area contributed by atoms with Gasteiger partial charge in [0.15, 0.2) is 0 Å². The number of likely N-dealkylation sites (N-methyl/N-ethyl adjacent to an activating group) is 1. The Kier molecular flexibility index (Phi) is 2.94. The molecule has 4 heteroatoms. The minimum Gasteiger partial charge on any atom is -0.342 e. The standard InChI is InChI=1S/C7H13BN2O/c1-9-4-7(11)10-3-2-6(8)5-10/h6,9H,2-5H2,1H3. The second-order valence-corrected chi connectivity index (χ2v) is 2.92. The van der Waals surface area contributed by atoms with Gasteiger partial charge < -0.3 is 10.2 Å². The molecule has 0 bridgehead atoms. The number of carbonyl (C=O) groups is 1. The average molecular weight is 152 g/mol. The minimum absolute atomic E-state index is 0.153. The van der Waals surface area contributed by atoms with Crippen LogP contribution in [0.3, 0.4) is 0 Å². The van der Waals surface area contributed by atoms with Crippen molar-refractivity contribution in [3.8, 4) is 0 Å². The largest absolute Gasteiger partial charge is 0.342 e. The molecule has 0 aromatic carbocycles. The molecule has 1 amide bonds. The highest BCUT2D eigenvalue weighted by atomic mass is 16.2. The first-order chi connectivity index (χ1) is 5.24. The summed E-state index contributed by atoms with van der Waals surface area (Å²) < 4.78 is 0. The van der Waals surface area contributed by atoms with Gasteiger partial charge in [-0.25, -0.2) is 0 Å². The molecule has 2 radical (unpaired) electrons. The van der Waals surface area contributed by atoms with Crippen molar-refractivity contribution in [2.75, 3.05) is 26.7 Å². The van der Waals surface area contributed by atoms with Gasteiger partial charge in [0.05, 0.1) is 14.4 Å². The topological polar surface area (TPSA) is 32.3 Å². The molecule has 3 nitrogen and oxygen atoms in total. The van der Waals surface area contributed by atoms with Crippen molar-refractivity contribution in [2.24, 2.45) is 0 Å². The first kappa shape index (κ1) is 8.59. The lowest BCUT2D eigenvalue weighted by atomic mass is 9.87. The lowest BCUT2D eigenvalue weighted by molar-refractivity contribution is -0.129. The fraction of sp³-hybridized carbons (Fsp3) is 0.857. The molecule has 11 heavy (non-hydrogen) atoms. The summed E-state index contributed by atoms with van der Waals surface area (Å²) in [5, 5.41) is 2.83. The summed E-state index contributed by atoms with van der Waals surface area (Å²) in [5.74, 6) is 0.344. The zero-order valence-corrected chi connectivity index (χ0v) is 6.84. The Labute approximate surface area is 68.5 Å². The molecule has 1 heterocycles. The predicted molar refractivity (Wildman–Crippen MR) is 44.6 cm³/mol. The maximum Gasteiger partial charge on any atom is 0.236 e. The Hall–Kier alpha value is -0.505. The first-order valence-electron chi connectivity index (χ1n) is 3.92. The van der Waals surface area contributed by atoms with Crippen molar-refractivity contribution < 1.29 is 4.79 Å². The third-order valence-corrected chi connectivity index (χ3v) is 1.91. The van der Waals surface area contributed by atoms with Crippen LogP contribution in [0.1, 0.15) is 6.42 Å². The van der Waals surface area contributed by atoms with Gasteiger partial charge in [-0.2, -0.15) is 0 Å². The van der Waals surface area contributed by atoms with Crippen LogP contribution < -0.4 is 5.32 Å². The monoisotopic (exact) mass is 152 g/mol. The molecule has 1 atom stereocenters. The number of nitrogens with one attached hydrogen (secondary N) is 1. The van der Waals surface area contributed by atoms with Crippen LogP contribution in [0.2, 0.25) is 5.82 Å². The maximum atomic E-state index is 11.2. The van der Waals surface area contributed by atoms with Gasteiger partial charge in [-0.1, -0.05) is 5.82 Å². The number of rotatable bonds is 2. The van der Waals surface area contributed by atoms with Crippen LogP contribution in [0.5, 0.6) is 0 Å². The van der Waals surface area contributed by atoms with Crippen LogP contribution in [-0.2, 0) is 4.79 Å². The zero-order chi connectivity index (χ0) is 8.27. The smallest absolute Gasteiger partial charge is 0.236 e. The van der Waals surface area contributed by atoms with Crippen molar-refractivity contribution in [2.45, 2.75) is 12.2 Å². The van der Waals surface area contributed by atoms with Crippen LogP contribution in [0, 0.1) is 0 Å². The fourth-order valence-corrected chi connectivity index (χ4v) is 1.28. The highest BCUT2D eigenvalue weighted by Crippen LogP contribution is 2.17. The lowest BCUT2D eigenvalue weighted by Gasteiger charge is -2.15. The quantitative estimate of drug-likeness (QED) is 0.535. The highest BCUT2D eigenvalue weighted by Gasteiger charge is 2.21. The molecule has 0 aromatic rings. The Bertz CT molecular complexity index is 151. The fourth-order valence-electron chi connectivity index (χ4n) is 1.28. The van der Waals surface area contributed by atoms with Gasteiger partial charge in [0.1, 0.15) is 0 Å². The van der Waals surface area contributed by atoms with Gasteiger partial charge in [-0.15, -0.1) is 0 Å². The first-order valence-corrected chi connectivity index (χ1v) is 3.92. The number of nitrogens with zero attached hydrogens (tertiary/aromatic N) is 1. The Balaban J connectivity index is 2.31. The van der Waals surface area contributed by atoms with Gasteiger partial charge in [-0.3, -0.25) is 4.79 Å². The zero-order valence-electron chi connectivity index (χ0n) is 6.84. The summed E-state index contributed by atoms with van der Waals surface area (Å²) in [7, 11) is 7.42. The van der Waals surface area contributed by atoms with E-state index in [4.69, 9.17) is 7.85 Å². The van der Waals surface area contributed by atoms with Crippen LogP contribution in [0.4, 0.5) is 0 Å². The minimum atomic E-state index is 0.153. The third kappa shape index (κ3) is 2.22. The summed E-state index contributed by atoms with van der Waals surface area (Å²) in [5.41, 5.74) is 0. The maximum absolute atomic E-state index is 11.2. The van der Waals surface area contributed by atoms with E-state index in [0.29, 0.717) is 6.54 Å². The van der Waals surface area contributed by atoms with E-state index in [1.165, 1.54) is 0 Å². The van der Waals surface area contributed by atoms with Crippen LogP contribution in [-0.4, -0.2) is 45.3 Å². The molecule has 1 rings (SSSR count). The van der Waals surface area contributed by atoms with E-state index in [1.807, 2.05) is 0 Å².